The van der Waals surface area contributed by atoms with Crippen LogP contribution in [0.1, 0.15) is 31.7 Å². The van der Waals surface area contributed by atoms with Crippen molar-refractivity contribution in [2.45, 2.75) is 38.3 Å². The van der Waals surface area contributed by atoms with Crippen LogP contribution in [-0.2, 0) is 11.3 Å². The monoisotopic (exact) mass is 543 g/mol. The van der Waals surface area contributed by atoms with Crippen LogP contribution in [0.25, 0.3) is 0 Å². The first-order valence-corrected chi connectivity index (χ1v) is 12.6. The Morgan fingerprint density at radius 1 is 1.37 bits per heavy atom. The number of methoxy groups -OCH3 is 1. The highest BCUT2D eigenvalue weighted by Crippen LogP contribution is 2.31. The Hall–Kier alpha value is -3.93. The molecule has 2 aliphatic rings. The predicted octanol–water partition coefficient (Wildman–Crippen LogP) is 3.44. The number of pyridine rings is 1. The minimum Gasteiger partial charge on any atom is -0.492 e. The zero-order valence-electron chi connectivity index (χ0n) is 21.2. The van der Waals surface area contributed by atoms with Gasteiger partial charge in [-0.3, -0.25) is 14.7 Å². The highest BCUT2D eigenvalue weighted by atomic mass is 32.1. The number of anilines is 1. The Bertz CT molecular complexity index is 1270. The highest BCUT2D eigenvalue weighted by molar-refractivity contribution is 7.81. The van der Waals surface area contributed by atoms with Gasteiger partial charge in [-0.1, -0.05) is 18.3 Å². The van der Waals surface area contributed by atoms with Crippen LogP contribution in [0.4, 0.5) is 14.9 Å². The van der Waals surface area contributed by atoms with Gasteiger partial charge >= 0.3 is 6.09 Å². The van der Waals surface area contributed by atoms with E-state index in [9.17, 15) is 19.1 Å². The molecule has 1 fully saturated rings. The summed E-state index contributed by atoms with van der Waals surface area (Å²) in [4.78, 5) is 30.1. The van der Waals surface area contributed by atoms with Gasteiger partial charge in [0.05, 0.1) is 30.1 Å². The molecule has 0 aliphatic carbocycles. The number of aromatic nitrogens is 1. The third kappa shape index (κ3) is 5.80. The molecule has 202 valence electrons. The summed E-state index contributed by atoms with van der Waals surface area (Å²) in [5, 5.41) is 18.6. The number of hydrogen-bond acceptors (Lipinski definition) is 7. The first-order chi connectivity index (χ1) is 18.2. The topological polar surface area (TPSA) is 125 Å². The number of ether oxygens (including phenoxy) is 2. The first kappa shape index (κ1) is 27.1. The van der Waals surface area contributed by atoms with Crippen molar-refractivity contribution in [1.29, 1.82) is 0 Å². The molecule has 2 aromatic rings. The molecule has 0 saturated carbocycles. The largest absolute Gasteiger partial charge is 0.492 e. The van der Waals surface area contributed by atoms with Crippen molar-refractivity contribution in [3.63, 3.8) is 0 Å². The number of nitrogens with zero attached hydrogens (tertiary/aromatic N) is 2. The van der Waals surface area contributed by atoms with Gasteiger partial charge in [-0.05, 0) is 38.0 Å². The van der Waals surface area contributed by atoms with E-state index in [1.165, 1.54) is 24.1 Å². The fraction of sp³-hybridized carbons (Fsp3) is 0.385. The molecule has 4 N–H and O–H groups in total. The number of benzene rings is 1. The van der Waals surface area contributed by atoms with Crippen molar-refractivity contribution < 1.29 is 28.6 Å². The molecule has 10 nitrogen and oxygen atoms in total. The molecule has 0 radical (unpaired) electrons. The van der Waals surface area contributed by atoms with Gasteiger partial charge in [-0.25, -0.2) is 9.18 Å². The van der Waals surface area contributed by atoms with E-state index in [1.54, 1.807) is 24.5 Å². The number of halogens is 1. The van der Waals surface area contributed by atoms with Crippen molar-refractivity contribution in [3.8, 4) is 11.5 Å². The van der Waals surface area contributed by atoms with E-state index in [1.807, 2.05) is 6.92 Å². The highest BCUT2D eigenvalue weighted by Gasteiger charge is 2.40. The normalized spacial score (nSPS) is 19.1. The van der Waals surface area contributed by atoms with Crippen LogP contribution in [0, 0.1) is 5.82 Å². The zero-order valence-corrected chi connectivity index (χ0v) is 22.0. The lowest BCUT2D eigenvalue weighted by Gasteiger charge is -2.33. The van der Waals surface area contributed by atoms with E-state index in [2.05, 4.69) is 20.9 Å². The molecule has 1 aromatic carbocycles. The van der Waals surface area contributed by atoms with Crippen LogP contribution in [0.5, 0.6) is 11.5 Å². The van der Waals surface area contributed by atoms with Gasteiger partial charge in [-0.2, -0.15) is 0 Å². The van der Waals surface area contributed by atoms with Gasteiger partial charge in [0.15, 0.2) is 11.6 Å². The summed E-state index contributed by atoms with van der Waals surface area (Å²) in [6.45, 7) is 3.29. The SMILES string of the molecule is COc1c(F)cccc1NC(=S)C1=C(NCc2ccncc2OC[C@]2(C)CCCN2C(=O)O)CCNC1=O. The Kier molecular flexibility index (Phi) is 8.30. The minimum absolute atomic E-state index is 0.00262. The van der Waals surface area contributed by atoms with Gasteiger partial charge in [0.25, 0.3) is 5.91 Å². The second-order valence-corrected chi connectivity index (χ2v) is 9.70. The first-order valence-electron chi connectivity index (χ1n) is 12.2. The van der Waals surface area contributed by atoms with Crippen molar-refractivity contribution in [2.24, 2.45) is 0 Å². The van der Waals surface area contributed by atoms with Gasteiger partial charge in [0.1, 0.15) is 17.3 Å². The summed E-state index contributed by atoms with van der Waals surface area (Å²) in [6.07, 6.45) is 4.26. The molecule has 0 spiro atoms. The van der Waals surface area contributed by atoms with Crippen molar-refractivity contribution >= 4 is 34.9 Å². The van der Waals surface area contributed by atoms with Crippen molar-refractivity contribution in [1.82, 2.24) is 20.5 Å². The number of carbonyl (C=O) groups excluding carboxylic acids is 1. The van der Waals surface area contributed by atoms with Gasteiger partial charge < -0.3 is 30.5 Å². The average Bonchev–Trinajstić information content (AvgIpc) is 3.28. The Morgan fingerprint density at radius 2 is 2.18 bits per heavy atom. The number of thiocarbonyl (C=S) groups is 1. The van der Waals surface area contributed by atoms with Crippen LogP contribution in [-0.4, -0.2) is 64.3 Å². The minimum atomic E-state index is -0.961. The fourth-order valence-corrected chi connectivity index (χ4v) is 5.01. The van der Waals surface area contributed by atoms with Crippen LogP contribution < -0.4 is 25.4 Å². The number of carbonyl (C=O) groups is 2. The number of nitrogens with one attached hydrogen (secondary N) is 3. The van der Waals surface area contributed by atoms with Crippen LogP contribution >= 0.6 is 12.2 Å². The second kappa shape index (κ2) is 11.6. The number of hydrogen-bond donors (Lipinski definition) is 4. The quantitative estimate of drug-likeness (QED) is 0.352. The van der Waals surface area contributed by atoms with Gasteiger partial charge in [0, 0.05) is 43.5 Å². The number of amides is 2. The van der Waals surface area contributed by atoms with E-state index in [4.69, 9.17) is 21.7 Å². The summed E-state index contributed by atoms with van der Waals surface area (Å²) < 4.78 is 25.3. The van der Waals surface area contributed by atoms with Gasteiger partial charge in [0.2, 0.25) is 0 Å². The molecular formula is C26H30FN5O5S. The number of para-hydroxylation sites is 1. The Morgan fingerprint density at radius 3 is 2.95 bits per heavy atom. The smallest absolute Gasteiger partial charge is 0.407 e. The lowest BCUT2D eigenvalue weighted by molar-refractivity contribution is -0.117. The summed E-state index contributed by atoms with van der Waals surface area (Å²) in [5.74, 6) is -0.382. The molecular weight excluding hydrogens is 513 g/mol. The maximum atomic E-state index is 14.1. The lowest BCUT2D eigenvalue weighted by atomic mass is 10.0. The maximum Gasteiger partial charge on any atom is 0.407 e. The molecule has 4 rings (SSSR count). The maximum absolute atomic E-state index is 14.1. The molecule has 1 aromatic heterocycles. The molecule has 38 heavy (non-hydrogen) atoms. The predicted molar refractivity (Wildman–Crippen MR) is 143 cm³/mol. The van der Waals surface area contributed by atoms with Crippen molar-refractivity contribution in [3.05, 3.63) is 59.3 Å². The van der Waals surface area contributed by atoms with E-state index in [0.29, 0.717) is 49.6 Å². The Balaban J connectivity index is 1.50. The summed E-state index contributed by atoms with van der Waals surface area (Å²) in [5.41, 5.74) is 1.35. The number of carboxylic acid groups (broad SMARTS) is 1. The third-order valence-electron chi connectivity index (χ3n) is 6.72. The Labute approximate surface area is 225 Å². The zero-order chi connectivity index (χ0) is 27.3. The molecule has 0 unspecified atom stereocenters. The molecule has 12 heteroatoms. The molecule has 2 amide bonds. The van der Waals surface area contributed by atoms with E-state index < -0.39 is 17.4 Å². The molecule has 2 aliphatic heterocycles. The van der Waals surface area contributed by atoms with E-state index in [-0.39, 0.29) is 28.8 Å². The van der Waals surface area contributed by atoms with E-state index in [0.717, 1.165) is 12.0 Å². The molecule has 1 atom stereocenters. The number of rotatable bonds is 9. The van der Waals surface area contributed by atoms with Crippen molar-refractivity contribution in [2.75, 3.05) is 32.1 Å². The summed E-state index contributed by atoms with van der Waals surface area (Å²) >= 11 is 5.53. The van der Waals surface area contributed by atoms with E-state index >= 15 is 0 Å². The third-order valence-corrected chi connectivity index (χ3v) is 7.02. The van der Waals surface area contributed by atoms with Crippen LogP contribution in [0.3, 0.4) is 0 Å². The summed E-state index contributed by atoms with van der Waals surface area (Å²) in [7, 11) is 1.35. The molecule has 0 bridgehead atoms. The standard InChI is InChI=1S/C26H30FN5O5S/c1-26(9-4-12-32(26)25(34)35)15-37-20-14-28-10-7-16(20)13-30-18-8-11-29-23(33)21(18)24(38)31-19-6-3-5-17(27)22(19)36-2/h3,5-7,10,14,30H,4,8-9,11-13,15H2,1-2H3,(H,29,33)(H,31,38)(H,34,35)/t26-/m0/s1. The second-order valence-electron chi connectivity index (χ2n) is 9.29. The average molecular weight is 544 g/mol. The van der Waals surface area contributed by atoms with Crippen LogP contribution in [0.2, 0.25) is 0 Å². The van der Waals surface area contributed by atoms with Gasteiger partial charge in [-0.15, -0.1) is 0 Å². The molecule has 3 heterocycles. The van der Waals surface area contributed by atoms with Crippen LogP contribution in [0.15, 0.2) is 47.9 Å². The summed E-state index contributed by atoms with van der Waals surface area (Å²) in [6, 6.07) is 6.20. The number of likely N-dealkylation sites (tertiary alicyclic amines) is 1. The lowest BCUT2D eigenvalue weighted by Crippen LogP contribution is -2.48. The molecule has 1 saturated heterocycles. The fourth-order valence-electron chi connectivity index (χ4n) is 4.69.